The maximum atomic E-state index is 12.4. The molecule has 0 aliphatic carbocycles. The molecule has 0 aliphatic rings. The van der Waals surface area contributed by atoms with Crippen molar-refractivity contribution in [1.29, 1.82) is 0 Å². The predicted octanol–water partition coefficient (Wildman–Crippen LogP) is 5.79. The number of halogens is 1. The molecule has 1 amide bonds. The molecule has 3 nitrogen and oxygen atoms in total. The molecule has 1 heterocycles. The first-order valence-corrected chi connectivity index (χ1v) is 11.2. The smallest absolute Gasteiger partial charge is 0.249 e. The minimum atomic E-state index is -0.0555. The topological polar surface area (TPSA) is 34.4 Å². The molecule has 136 valence electrons. The lowest BCUT2D eigenvalue weighted by Crippen LogP contribution is -2.16. The Hall–Kier alpha value is -1.37. The number of rotatable bonds is 6. The molecular formula is C20H21BrN2OS2. The van der Waals surface area contributed by atoms with Gasteiger partial charge in [0.1, 0.15) is 0 Å². The van der Waals surface area contributed by atoms with Gasteiger partial charge in [-0.25, -0.2) is 0 Å². The van der Waals surface area contributed by atoms with Gasteiger partial charge in [0.15, 0.2) is 4.80 Å². The Morgan fingerprint density at radius 1 is 1.23 bits per heavy atom. The second kappa shape index (κ2) is 9.02. The molecule has 0 atom stereocenters. The number of thiazole rings is 1. The van der Waals surface area contributed by atoms with E-state index in [1.807, 2.05) is 6.07 Å². The second-order valence-electron chi connectivity index (χ2n) is 6.07. The number of benzene rings is 2. The molecule has 0 N–H and O–H groups in total. The van der Waals surface area contributed by atoms with E-state index in [0.29, 0.717) is 6.42 Å². The molecule has 3 aromatic rings. The Morgan fingerprint density at radius 3 is 2.73 bits per heavy atom. The summed E-state index contributed by atoms with van der Waals surface area (Å²) in [6.07, 6.45) is 1.45. The molecular weight excluding hydrogens is 428 g/mol. The molecule has 0 saturated carbocycles. The molecule has 0 saturated heterocycles. The number of fused-ring (bicyclic) bond motifs is 1. The standard InChI is InChI=1S/C20H21BrN2OS2/c1-3-11-23-17-9-6-15(21)13-18(17)26-20(23)22-19(24)10-12-25-16-7-4-14(2)5-8-16/h4-9,13H,3,10-12H2,1-2H3. The first-order valence-electron chi connectivity index (χ1n) is 8.62. The van der Waals surface area contributed by atoms with Crippen molar-refractivity contribution in [2.45, 2.75) is 38.1 Å². The van der Waals surface area contributed by atoms with Crippen LogP contribution in [0, 0.1) is 6.92 Å². The SMILES string of the molecule is CCCn1c(=NC(=O)CCSc2ccc(C)cc2)sc2cc(Br)ccc21. The molecule has 1 aromatic heterocycles. The van der Waals surface area contributed by atoms with Crippen molar-refractivity contribution in [1.82, 2.24) is 4.57 Å². The summed E-state index contributed by atoms with van der Waals surface area (Å²) in [5.74, 6) is 0.690. The summed E-state index contributed by atoms with van der Waals surface area (Å²) in [6.45, 7) is 5.08. The van der Waals surface area contributed by atoms with Crippen LogP contribution in [0.3, 0.4) is 0 Å². The molecule has 26 heavy (non-hydrogen) atoms. The van der Waals surface area contributed by atoms with Crippen molar-refractivity contribution < 1.29 is 4.79 Å². The van der Waals surface area contributed by atoms with Crippen LogP contribution < -0.4 is 4.80 Å². The van der Waals surface area contributed by atoms with Gasteiger partial charge in [-0.2, -0.15) is 4.99 Å². The summed E-state index contributed by atoms with van der Waals surface area (Å²) in [7, 11) is 0. The van der Waals surface area contributed by atoms with Gasteiger partial charge in [0, 0.05) is 28.1 Å². The normalized spacial score (nSPS) is 12.0. The second-order valence-corrected chi connectivity index (χ2v) is 9.16. The van der Waals surface area contributed by atoms with E-state index in [9.17, 15) is 4.79 Å². The number of aromatic nitrogens is 1. The van der Waals surface area contributed by atoms with Crippen LogP contribution in [0.25, 0.3) is 10.2 Å². The number of hydrogen-bond donors (Lipinski definition) is 0. The number of aryl methyl sites for hydroxylation is 2. The van der Waals surface area contributed by atoms with E-state index in [4.69, 9.17) is 0 Å². The van der Waals surface area contributed by atoms with Crippen LogP contribution in [-0.2, 0) is 11.3 Å². The average Bonchev–Trinajstić information content (AvgIpc) is 2.93. The molecule has 0 aliphatic heterocycles. The van der Waals surface area contributed by atoms with Gasteiger partial charge in [-0.1, -0.05) is 51.9 Å². The van der Waals surface area contributed by atoms with E-state index in [0.717, 1.165) is 38.2 Å². The van der Waals surface area contributed by atoms with Crippen molar-refractivity contribution in [2.75, 3.05) is 5.75 Å². The van der Waals surface area contributed by atoms with E-state index in [1.54, 1.807) is 23.1 Å². The van der Waals surface area contributed by atoms with E-state index in [2.05, 4.69) is 75.7 Å². The van der Waals surface area contributed by atoms with Crippen LogP contribution in [-0.4, -0.2) is 16.2 Å². The van der Waals surface area contributed by atoms with Crippen LogP contribution >= 0.6 is 39.0 Å². The number of hydrogen-bond acceptors (Lipinski definition) is 3. The Balaban J connectivity index is 1.74. The highest BCUT2D eigenvalue weighted by atomic mass is 79.9. The molecule has 0 radical (unpaired) electrons. The minimum absolute atomic E-state index is 0.0555. The third-order valence-electron chi connectivity index (χ3n) is 3.92. The zero-order chi connectivity index (χ0) is 18.5. The summed E-state index contributed by atoms with van der Waals surface area (Å²) < 4.78 is 4.34. The third kappa shape index (κ3) is 4.87. The van der Waals surface area contributed by atoms with E-state index in [-0.39, 0.29) is 5.91 Å². The van der Waals surface area contributed by atoms with Gasteiger partial charge in [0.05, 0.1) is 10.2 Å². The first kappa shape index (κ1) is 19.4. The van der Waals surface area contributed by atoms with Crippen LogP contribution in [0.5, 0.6) is 0 Å². The van der Waals surface area contributed by atoms with E-state index < -0.39 is 0 Å². The van der Waals surface area contributed by atoms with Gasteiger partial charge in [-0.3, -0.25) is 4.79 Å². The molecule has 2 aromatic carbocycles. The fourth-order valence-corrected chi connectivity index (χ4v) is 5.09. The number of carbonyl (C=O) groups is 1. The average molecular weight is 449 g/mol. The van der Waals surface area contributed by atoms with Crippen molar-refractivity contribution in [2.24, 2.45) is 4.99 Å². The Kier molecular flexibility index (Phi) is 6.73. The maximum absolute atomic E-state index is 12.4. The Morgan fingerprint density at radius 2 is 2.00 bits per heavy atom. The Bertz CT molecular complexity index is 974. The van der Waals surface area contributed by atoms with E-state index >= 15 is 0 Å². The van der Waals surface area contributed by atoms with Gasteiger partial charge in [-0.15, -0.1) is 11.8 Å². The third-order valence-corrected chi connectivity index (χ3v) is 6.47. The molecule has 3 rings (SSSR count). The molecule has 0 spiro atoms. The first-order chi connectivity index (χ1) is 12.6. The zero-order valence-electron chi connectivity index (χ0n) is 14.9. The Labute approximate surface area is 170 Å². The van der Waals surface area contributed by atoms with E-state index in [1.165, 1.54) is 10.5 Å². The lowest BCUT2D eigenvalue weighted by Gasteiger charge is -2.03. The van der Waals surface area contributed by atoms with Gasteiger partial charge >= 0.3 is 0 Å². The number of thioether (sulfide) groups is 1. The summed E-state index contributed by atoms with van der Waals surface area (Å²) in [4.78, 5) is 18.8. The van der Waals surface area contributed by atoms with Gasteiger partial charge < -0.3 is 4.57 Å². The quantitative estimate of drug-likeness (QED) is 0.446. The van der Waals surface area contributed by atoms with Crippen molar-refractivity contribution in [3.8, 4) is 0 Å². The highest BCUT2D eigenvalue weighted by molar-refractivity contribution is 9.10. The zero-order valence-corrected chi connectivity index (χ0v) is 18.1. The number of carbonyl (C=O) groups excluding carboxylic acids is 1. The lowest BCUT2D eigenvalue weighted by molar-refractivity contribution is -0.117. The van der Waals surface area contributed by atoms with Crippen LogP contribution in [0.2, 0.25) is 0 Å². The predicted molar refractivity (Wildman–Crippen MR) is 115 cm³/mol. The number of amides is 1. The molecule has 0 bridgehead atoms. The highest BCUT2D eigenvalue weighted by Crippen LogP contribution is 2.23. The monoisotopic (exact) mass is 448 g/mol. The minimum Gasteiger partial charge on any atom is -0.316 e. The summed E-state index contributed by atoms with van der Waals surface area (Å²) in [6, 6.07) is 14.6. The van der Waals surface area contributed by atoms with Crippen LogP contribution in [0.4, 0.5) is 0 Å². The maximum Gasteiger partial charge on any atom is 0.249 e. The van der Waals surface area contributed by atoms with Gasteiger partial charge in [0.2, 0.25) is 5.91 Å². The van der Waals surface area contributed by atoms with Gasteiger partial charge in [0.25, 0.3) is 0 Å². The summed E-state index contributed by atoms with van der Waals surface area (Å²) >= 11 is 6.79. The largest absolute Gasteiger partial charge is 0.316 e. The highest BCUT2D eigenvalue weighted by Gasteiger charge is 2.08. The molecule has 0 fully saturated rings. The molecule has 6 heteroatoms. The fraction of sp³-hybridized carbons (Fsp3) is 0.300. The summed E-state index contributed by atoms with van der Waals surface area (Å²) in [5.41, 5.74) is 2.39. The summed E-state index contributed by atoms with van der Waals surface area (Å²) in [5, 5.41) is 0. The van der Waals surface area contributed by atoms with Crippen molar-refractivity contribution in [3.05, 3.63) is 57.3 Å². The van der Waals surface area contributed by atoms with Gasteiger partial charge in [-0.05, 0) is 43.7 Å². The lowest BCUT2D eigenvalue weighted by atomic mass is 10.2. The fourth-order valence-electron chi connectivity index (χ4n) is 2.63. The van der Waals surface area contributed by atoms with Crippen molar-refractivity contribution in [3.63, 3.8) is 0 Å². The van der Waals surface area contributed by atoms with Crippen molar-refractivity contribution >= 4 is 55.2 Å². The van der Waals surface area contributed by atoms with Crippen LogP contribution in [0.15, 0.2) is 56.8 Å². The number of nitrogens with zero attached hydrogens (tertiary/aromatic N) is 2. The van der Waals surface area contributed by atoms with Crippen LogP contribution in [0.1, 0.15) is 25.3 Å². The molecule has 0 unspecified atom stereocenters.